The first-order valence-electron chi connectivity index (χ1n) is 11.0. The monoisotopic (exact) mass is 448 g/mol. The van der Waals surface area contributed by atoms with Gasteiger partial charge in [0.2, 0.25) is 11.8 Å². The first-order valence-corrected chi connectivity index (χ1v) is 11.0. The van der Waals surface area contributed by atoms with Crippen molar-refractivity contribution < 1.29 is 18.7 Å². The normalized spacial score (nSPS) is 11.5. The van der Waals surface area contributed by atoms with E-state index in [9.17, 15) is 14.0 Å². The topological polar surface area (TPSA) is 58.6 Å². The molecule has 1 atom stereocenters. The van der Waals surface area contributed by atoms with Gasteiger partial charge in [0.25, 0.3) is 0 Å². The lowest BCUT2D eigenvalue weighted by molar-refractivity contribution is -0.140. The van der Waals surface area contributed by atoms with Crippen LogP contribution in [0.2, 0.25) is 0 Å². The molecule has 3 rings (SSSR count). The van der Waals surface area contributed by atoms with Crippen LogP contribution in [0.15, 0.2) is 78.9 Å². The van der Waals surface area contributed by atoms with Crippen LogP contribution >= 0.6 is 0 Å². The van der Waals surface area contributed by atoms with Crippen molar-refractivity contribution in [2.75, 3.05) is 13.7 Å². The average molecular weight is 449 g/mol. The summed E-state index contributed by atoms with van der Waals surface area (Å²) in [5.41, 5.74) is 2.52. The van der Waals surface area contributed by atoms with E-state index in [1.165, 1.54) is 12.1 Å². The zero-order chi connectivity index (χ0) is 23.6. The van der Waals surface area contributed by atoms with Crippen LogP contribution in [-0.4, -0.2) is 36.4 Å². The second kappa shape index (κ2) is 11.8. The Balaban J connectivity index is 1.92. The van der Waals surface area contributed by atoms with Crippen LogP contribution in [0.3, 0.4) is 0 Å². The Morgan fingerprint density at radius 3 is 2.15 bits per heavy atom. The van der Waals surface area contributed by atoms with Crippen LogP contribution < -0.4 is 10.1 Å². The minimum Gasteiger partial charge on any atom is -0.497 e. The Hall–Kier alpha value is -3.67. The predicted octanol–water partition coefficient (Wildman–Crippen LogP) is 4.15. The molecule has 5 nitrogen and oxygen atoms in total. The molecular weight excluding hydrogens is 419 g/mol. The summed E-state index contributed by atoms with van der Waals surface area (Å²) < 4.78 is 18.6. The maximum atomic E-state index is 13.5. The van der Waals surface area contributed by atoms with Crippen molar-refractivity contribution in [2.45, 2.75) is 32.4 Å². The highest BCUT2D eigenvalue weighted by Gasteiger charge is 2.30. The molecule has 0 aliphatic rings. The summed E-state index contributed by atoms with van der Waals surface area (Å²) in [6, 6.07) is 22.2. The van der Waals surface area contributed by atoms with Gasteiger partial charge in [-0.2, -0.15) is 0 Å². The Morgan fingerprint density at radius 1 is 0.909 bits per heavy atom. The summed E-state index contributed by atoms with van der Waals surface area (Å²) in [5, 5.41) is 2.87. The lowest BCUT2D eigenvalue weighted by Crippen LogP contribution is -2.50. The van der Waals surface area contributed by atoms with Crippen LogP contribution in [0.4, 0.5) is 4.39 Å². The number of amides is 2. The van der Waals surface area contributed by atoms with Crippen molar-refractivity contribution in [3.63, 3.8) is 0 Å². The smallest absolute Gasteiger partial charge is 0.243 e. The molecule has 0 aliphatic carbocycles. The third kappa shape index (κ3) is 6.91. The second-order valence-electron chi connectivity index (χ2n) is 7.77. The molecule has 3 aromatic rings. The van der Waals surface area contributed by atoms with E-state index in [0.29, 0.717) is 18.7 Å². The van der Waals surface area contributed by atoms with Crippen molar-refractivity contribution in [1.82, 2.24) is 10.2 Å². The quantitative estimate of drug-likeness (QED) is 0.507. The number of halogens is 1. The number of nitrogens with zero attached hydrogens (tertiary/aromatic N) is 1. The molecule has 33 heavy (non-hydrogen) atoms. The van der Waals surface area contributed by atoms with Gasteiger partial charge in [0, 0.05) is 19.5 Å². The van der Waals surface area contributed by atoms with E-state index in [1.54, 1.807) is 36.3 Å². The van der Waals surface area contributed by atoms with Crippen LogP contribution in [0.5, 0.6) is 5.75 Å². The highest BCUT2D eigenvalue weighted by Crippen LogP contribution is 2.18. The molecule has 2 amide bonds. The van der Waals surface area contributed by atoms with Gasteiger partial charge in [-0.1, -0.05) is 54.6 Å². The Bertz CT molecular complexity index is 1040. The number of rotatable bonds is 10. The fourth-order valence-corrected chi connectivity index (χ4v) is 3.65. The van der Waals surface area contributed by atoms with Gasteiger partial charge in [-0.3, -0.25) is 9.59 Å². The van der Waals surface area contributed by atoms with Crippen molar-refractivity contribution in [3.8, 4) is 5.75 Å². The van der Waals surface area contributed by atoms with Gasteiger partial charge in [-0.15, -0.1) is 0 Å². The van der Waals surface area contributed by atoms with Crippen LogP contribution in [0.25, 0.3) is 0 Å². The number of benzene rings is 3. The fourth-order valence-electron chi connectivity index (χ4n) is 3.65. The molecule has 3 aromatic carbocycles. The summed E-state index contributed by atoms with van der Waals surface area (Å²) in [6.45, 7) is 2.51. The van der Waals surface area contributed by atoms with Crippen LogP contribution in [0, 0.1) is 5.82 Å². The number of carbonyl (C=O) groups is 2. The van der Waals surface area contributed by atoms with E-state index in [-0.39, 0.29) is 30.6 Å². The molecule has 0 spiro atoms. The lowest BCUT2D eigenvalue weighted by atomic mass is 10.0. The zero-order valence-corrected chi connectivity index (χ0v) is 19.0. The summed E-state index contributed by atoms with van der Waals surface area (Å²) in [5.74, 6) is -0.0405. The molecular formula is C27H29FN2O3. The second-order valence-corrected chi connectivity index (χ2v) is 7.77. The Morgan fingerprint density at radius 2 is 1.55 bits per heavy atom. The van der Waals surface area contributed by atoms with Crippen molar-refractivity contribution in [2.24, 2.45) is 0 Å². The maximum Gasteiger partial charge on any atom is 0.243 e. The fraction of sp³-hybridized carbons (Fsp3) is 0.259. The first-order chi connectivity index (χ1) is 16.0. The van der Waals surface area contributed by atoms with Crippen LogP contribution in [0.1, 0.15) is 23.6 Å². The molecule has 6 heteroatoms. The number of hydrogen-bond acceptors (Lipinski definition) is 3. The summed E-state index contributed by atoms with van der Waals surface area (Å²) in [6.07, 6.45) is 0.512. The van der Waals surface area contributed by atoms with Gasteiger partial charge < -0.3 is 15.0 Å². The van der Waals surface area contributed by atoms with Crippen molar-refractivity contribution in [3.05, 3.63) is 101 Å². The summed E-state index contributed by atoms with van der Waals surface area (Å²) >= 11 is 0. The third-order valence-electron chi connectivity index (χ3n) is 5.40. The number of ether oxygens (including phenoxy) is 1. The number of methoxy groups -OCH3 is 1. The molecule has 0 aliphatic heterocycles. The molecule has 0 unspecified atom stereocenters. The molecule has 0 aromatic heterocycles. The van der Waals surface area contributed by atoms with Crippen molar-refractivity contribution >= 4 is 11.8 Å². The number of nitrogens with one attached hydrogen (secondary N) is 1. The molecule has 1 N–H and O–H groups in total. The Labute approximate surface area is 194 Å². The molecule has 0 saturated carbocycles. The number of carbonyl (C=O) groups excluding carboxylic acids is 2. The highest BCUT2D eigenvalue weighted by atomic mass is 19.1. The SMILES string of the molecule is CCNC(=O)[C@H](Cc1ccccc1)N(Cc1ccc(F)cc1)C(=O)Cc1ccc(OC)cc1. The van der Waals surface area contributed by atoms with Crippen molar-refractivity contribution in [1.29, 1.82) is 0 Å². The van der Waals surface area contributed by atoms with Gasteiger partial charge in [-0.25, -0.2) is 4.39 Å². The van der Waals surface area contributed by atoms with Gasteiger partial charge in [0.15, 0.2) is 0 Å². The van der Waals surface area contributed by atoms with E-state index in [1.807, 2.05) is 49.4 Å². The van der Waals surface area contributed by atoms with Gasteiger partial charge >= 0.3 is 0 Å². The highest BCUT2D eigenvalue weighted by molar-refractivity contribution is 5.88. The predicted molar refractivity (Wildman–Crippen MR) is 126 cm³/mol. The third-order valence-corrected chi connectivity index (χ3v) is 5.40. The number of likely N-dealkylation sites (N-methyl/N-ethyl adjacent to an activating group) is 1. The van der Waals surface area contributed by atoms with E-state index in [4.69, 9.17) is 4.74 Å². The molecule has 172 valence electrons. The molecule has 0 radical (unpaired) electrons. The lowest BCUT2D eigenvalue weighted by Gasteiger charge is -2.31. The molecule has 0 fully saturated rings. The number of hydrogen-bond donors (Lipinski definition) is 1. The average Bonchev–Trinajstić information content (AvgIpc) is 2.83. The van der Waals surface area contributed by atoms with Gasteiger partial charge in [-0.05, 0) is 47.9 Å². The minimum atomic E-state index is -0.705. The van der Waals surface area contributed by atoms with Gasteiger partial charge in [0.05, 0.1) is 13.5 Å². The van der Waals surface area contributed by atoms with Gasteiger partial charge in [0.1, 0.15) is 17.6 Å². The first kappa shape index (κ1) is 24.0. The van der Waals surface area contributed by atoms with E-state index >= 15 is 0 Å². The minimum absolute atomic E-state index is 0.135. The zero-order valence-electron chi connectivity index (χ0n) is 19.0. The molecule has 0 heterocycles. The maximum absolute atomic E-state index is 13.5. The van der Waals surface area contributed by atoms with E-state index in [0.717, 1.165) is 16.7 Å². The largest absolute Gasteiger partial charge is 0.497 e. The molecule has 0 saturated heterocycles. The summed E-state index contributed by atoms with van der Waals surface area (Å²) in [4.78, 5) is 28.2. The standard InChI is InChI=1S/C27H29FN2O3/c1-3-29-27(32)25(17-20-7-5-4-6-8-20)30(19-22-9-13-23(28)14-10-22)26(31)18-21-11-15-24(33-2)16-12-21/h4-16,25H,3,17-19H2,1-2H3,(H,29,32)/t25-/m0/s1. The summed E-state index contributed by atoms with van der Waals surface area (Å²) in [7, 11) is 1.59. The van der Waals surface area contributed by atoms with E-state index < -0.39 is 6.04 Å². The Kier molecular flexibility index (Phi) is 8.58. The van der Waals surface area contributed by atoms with E-state index in [2.05, 4.69) is 5.32 Å². The van der Waals surface area contributed by atoms with Crippen LogP contribution in [-0.2, 0) is 29.0 Å². The molecule has 0 bridgehead atoms.